The number of ether oxygens (including phenoxy) is 1. The lowest BCUT2D eigenvalue weighted by Crippen LogP contribution is -2.43. The van der Waals surface area contributed by atoms with Crippen LogP contribution in [0.5, 0.6) is 5.75 Å². The largest absolute Gasteiger partial charge is 0.425 e. The van der Waals surface area contributed by atoms with Gasteiger partial charge < -0.3 is 9.15 Å². The fraction of sp³-hybridized carbons (Fsp3) is 0.385. The van der Waals surface area contributed by atoms with Gasteiger partial charge in [0.05, 0.1) is 10.3 Å². The molecule has 180 valence electrons. The van der Waals surface area contributed by atoms with E-state index in [-0.39, 0.29) is 16.3 Å². The maximum atomic E-state index is 13.3. The topological polar surface area (TPSA) is 103 Å². The first-order valence-corrected chi connectivity index (χ1v) is 13.1. The number of esters is 1. The minimum Gasteiger partial charge on any atom is -0.425 e. The van der Waals surface area contributed by atoms with Gasteiger partial charge in [-0.15, -0.1) is 0 Å². The molecule has 7 nitrogen and oxygen atoms in total. The zero-order chi connectivity index (χ0) is 24.5. The number of carbonyl (C=O) groups is 1. The Morgan fingerprint density at radius 3 is 2.50 bits per heavy atom. The highest BCUT2D eigenvalue weighted by molar-refractivity contribution is 7.89. The summed E-state index contributed by atoms with van der Waals surface area (Å²) in [5.41, 5.74) is 3.19. The third-order valence-electron chi connectivity index (χ3n) is 6.15. The molecule has 0 saturated heterocycles. The summed E-state index contributed by atoms with van der Waals surface area (Å²) in [6.07, 6.45) is 3.90. The number of carbonyl (C=O) groups excluding carboxylic acids is 1. The van der Waals surface area contributed by atoms with Crippen molar-refractivity contribution >= 4 is 27.0 Å². The second-order valence-corrected chi connectivity index (χ2v) is 10.6. The van der Waals surface area contributed by atoms with E-state index in [2.05, 4.69) is 4.72 Å². The first kappa shape index (κ1) is 24.2. The number of nitrogens with one attached hydrogen (secondary N) is 1. The molecular formula is C26H29NO6S. The lowest BCUT2D eigenvalue weighted by Gasteiger charge is -2.19. The molecule has 1 heterocycles. The normalized spacial score (nSPS) is 14.2. The smallest absolute Gasteiger partial charge is 0.339 e. The molecule has 1 aliphatic carbocycles. The lowest BCUT2D eigenvalue weighted by atomic mass is 10.0. The molecule has 8 heteroatoms. The maximum absolute atomic E-state index is 13.3. The van der Waals surface area contributed by atoms with Crippen molar-refractivity contribution in [1.82, 2.24) is 4.72 Å². The molecule has 0 fully saturated rings. The molecule has 1 N–H and O–H groups in total. The van der Waals surface area contributed by atoms with Crippen LogP contribution >= 0.6 is 0 Å². The fourth-order valence-electron chi connectivity index (χ4n) is 4.37. The van der Waals surface area contributed by atoms with Crippen LogP contribution in [0.3, 0.4) is 0 Å². The van der Waals surface area contributed by atoms with E-state index in [1.165, 1.54) is 12.1 Å². The first-order chi connectivity index (χ1) is 16.2. The van der Waals surface area contributed by atoms with Gasteiger partial charge in [0.25, 0.3) is 0 Å². The Hall–Kier alpha value is -2.97. The molecule has 1 aromatic heterocycles. The SMILES string of the molecule is CCCC[C@H](NS(=O)(=O)c1ccc(C)cc1)C(=O)Oc1cc(C)cc2oc(=O)c3c(c12)CCC3. The third-order valence-corrected chi connectivity index (χ3v) is 7.64. The number of aryl methyl sites for hydroxylation is 3. The number of hydrogen-bond acceptors (Lipinski definition) is 6. The summed E-state index contributed by atoms with van der Waals surface area (Å²) in [7, 11) is -3.92. The number of sulfonamides is 1. The van der Waals surface area contributed by atoms with Gasteiger partial charge in [0.15, 0.2) is 0 Å². The highest BCUT2D eigenvalue weighted by Crippen LogP contribution is 2.35. The zero-order valence-corrected chi connectivity index (χ0v) is 20.5. The van der Waals surface area contributed by atoms with Crippen LogP contribution < -0.4 is 15.1 Å². The Morgan fingerprint density at radius 2 is 1.79 bits per heavy atom. The summed E-state index contributed by atoms with van der Waals surface area (Å²) >= 11 is 0. The Morgan fingerprint density at radius 1 is 1.09 bits per heavy atom. The van der Waals surface area contributed by atoms with Crippen LogP contribution in [0.2, 0.25) is 0 Å². The van der Waals surface area contributed by atoms with E-state index in [9.17, 15) is 18.0 Å². The van der Waals surface area contributed by atoms with Crippen molar-refractivity contribution in [3.8, 4) is 5.75 Å². The molecule has 2 aromatic carbocycles. The van der Waals surface area contributed by atoms with Gasteiger partial charge in [-0.25, -0.2) is 18.0 Å². The number of fused-ring (bicyclic) bond motifs is 3. The molecule has 0 bridgehead atoms. The molecular weight excluding hydrogens is 454 g/mol. The quantitative estimate of drug-likeness (QED) is 0.290. The number of benzene rings is 2. The minimum atomic E-state index is -3.92. The molecule has 4 rings (SSSR count). The second-order valence-electron chi connectivity index (χ2n) is 8.89. The van der Waals surface area contributed by atoms with E-state index in [0.717, 1.165) is 29.5 Å². The standard InChI is InChI=1S/C26H29NO6S/c1-4-5-9-21(27-34(30,31)18-12-10-16(2)11-13-18)26(29)33-23-15-17(3)14-22-24(23)19-7-6-8-20(19)25(28)32-22/h10-15,21,27H,4-9H2,1-3H3/t21-/m0/s1. The van der Waals surface area contributed by atoms with E-state index in [0.29, 0.717) is 42.2 Å². The van der Waals surface area contributed by atoms with Gasteiger partial charge in [-0.1, -0.05) is 37.5 Å². The number of unbranched alkanes of at least 4 members (excludes halogenated alkanes) is 1. The van der Waals surface area contributed by atoms with Crippen molar-refractivity contribution in [3.63, 3.8) is 0 Å². The summed E-state index contributed by atoms with van der Waals surface area (Å²) in [4.78, 5) is 25.7. The lowest BCUT2D eigenvalue weighted by molar-refractivity contribution is -0.136. The van der Waals surface area contributed by atoms with Crippen LogP contribution in [-0.2, 0) is 27.7 Å². The third kappa shape index (κ3) is 4.93. The van der Waals surface area contributed by atoms with Crippen LogP contribution in [0.25, 0.3) is 11.0 Å². The van der Waals surface area contributed by atoms with Crippen molar-refractivity contribution in [1.29, 1.82) is 0 Å². The predicted molar refractivity (Wildman–Crippen MR) is 130 cm³/mol. The van der Waals surface area contributed by atoms with Crippen LogP contribution in [0.4, 0.5) is 0 Å². The van der Waals surface area contributed by atoms with Gasteiger partial charge in [-0.05, 0) is 74.9 Å². The number of hydrogen-bond donors (Lipinski definition) is 1. The Kier molecular flexibility index (Phi) is 6.91. The molecule has 0 radical (unpaired) electrons. The molecule has 0 aliphatic heterocycles. The van der Waals surface area contributed by atoms with Gasteiger partial charge in [0.1, 0.15) is 17.4 Å². The van der Waals surface area contributed by atoms with Gasteiger partial charge in [0, 0.05) is 5.56 Å². The van der Waals surface area contributed by atoms with E-state index in [1.807, 2.05) is 20.8 Å². The van der Waals surface area contributed by atoms with Crippen LogP contribution in [0.15, 0.2) is 50.5 Å². The van der Waals surface area contributed by atoms with Gasteiger partial charge >= 0.3 is 11.6 Å². The summed E-state index contributed by atoms with van der Waals surface area (Å²) in [5.74, 6) is -0.396. The second kappa shape index (κ2) is 9.72. The summed E-state index contributed by atoms with van der Waals surface area (Å²) in [6.45, 7) is 5.66. The molecule has 1 atom stereocenters. The van der Waals surface area contributed by atoms with Gasteiger partial charge in [-0.2, -0.15) is 4.72 Å². The Bertz CT molecular complexity index is 1390. The van der Waals surface area contributed by atoms with Gasteiger partial charge in [-0.3, -0.25) is 0 Å². The summed E-state index contributed by atoms with van der Waals surface area (Å²) < 4.78 is 39.8. The van der Waals surface area contributed by atoms with E-state index in [1.54, 1.807) is 24.3 Å². The average molecular weight is 484 g/mol. The highest BCUT2D eigenvalue weighted by Gasteiger charge is 2.29. The summed E-state index contributed by atoms with van der Waals surface area (Å²) in [6, 6.07) is 8.87. The fourth-order valence-corrected chi connectivity index (χ4v) is 5.59. The molecule has 34 heavy (non-hydrogen) atoms. The Balaban J connectivity index is 1.68. The average Bonchev–Trinajstić information content (AvgIpc) is 3.27. The van der Waals surface area contributed by atoms with Crippen molar-refractivity contribution in [3.05, 3.63) is 69.1 Å². The van der Waals surface area contributed by atoms with Crippen molar-refractivity contribution in [2.24, 2.45) is 0 Å². The predicted octanol–water partition coefficient (Wildman–Crippen LogP) is 4.34. The van der Waals surface area contributed by atoms with Crippen LogP contribution in [0.1, 0.15) is 54.9 Å². The highest BCUT2D eigenvalue weighted by atomic mass is 32.2. The molecule has 3 aromatic rings. The first-order valence-electron chi connectivity index (χ1n) is 11.6. The van der Waals surface area contributed by atoms with Crippen LogP contribution in [-0.4, -0.2) is 20.4 Å². The number of rotatable bonds is 8. The maximum Gasteiger partial charge on any atom is 0.339 e. The van der Waals surface area contributed by atoms with Crippen LogP contribution in [0, 0.1) is 13.8 Å². The molecule has 0 spiro atoms. The molecule has 0 unspecified atom stereocenters. The van der Waals surface area contributed by atoms with Crippen molar-refractivity contribution < 1.29 is 22.4 Å². The monoisotopic (exact) mass is 483 g/mol. The molecule has 0 amide bonds. The minimum absolute atomic E-state index is 0.0907. The summed E-state index contributed by atoms with van der Waals surface area (Å²) in [5, 5.41) is 0.613. The molecule has 1 aliphatic rings. The Labute approximate surface area is 199 Å². The zero-order valence-electron chi connectivity index (χ0n) is 19.6. The van der Waals surface area contributed by atoms with E-state index >= 15 is 0 Å². The molecule has 0 saturated carbocycles. The van der Waals surface area contributed by atoms with Gasteiger partial charge in [0.2, 0.25) is 10.0 Å². The van der Waals surface area contributed by atoms with Crippen molar-refractivity contribution in [2.75, 3.05) is 0 Å². The van der Waals surface area contributed by atoms with E-state index in [4.69, 9.17) is 9.15 Å². The van der Waals surface area contributed by atoms with E-state index < -0.39 is 22.0 Å². The van der Waals surface area contributed by atoms with Crippen molar-refractivity contribution in [2.45, 2.75) is 70.2 Å².